The van der Waals surface area contributed by atoms with Gasteiger partial charge in [0, 0.05) is 12.3 Å². The maximum Gasteiger partial charge on any atom is 0.304 e. The zero-order valence-electron chi connectivity index (χ0n) is 12.4. The number of nitrogens with one attached hydrogen (secondary N) is 1. The van der Waals surface area contributed by atoms with Crippen molar-refractivity contribution in [2.75, 3.05) is 18.1 Å². The standard InChI is InChI=1S/C14H27NO3S/c1-10(2)5-6-19-9-12(7-13(16)17)14(18)15-8-11(3)4/h10-12H,5-9H2,1-4H3,(H,15,18)(H,16,17). The molecule has 0 fully saturated rings. The largest absolute Gasteiger partial charge is 0.481 e. The molecular weight excluding hydrogens is 262 g/mol. The van der Waals surface area contributed by atoms with Crippen LogP contribution in [-0.2, 0) is 9.59 Å². The minimum atomic E-state index is -0.908. The summed E-state index contributed by atoms with van der Waals surface area (Å²) in [7, 11) is 0. The summed E-state index contributed by atoms with van der Waals surface area (Å²) >= 11 is 1.67. The van der Waals surface area contributed by atoms with E-state index in [1.807, 2.05) is 13.8 Å². The second-order valence-electron chi connectivity index (χ2n) is 5.69. The van der Waals surface area contributed by atoms with Gasteiger partial charge in [-0.25, -0.2) is 0 Å². The lowest BCUT2D eigenvalue weighted by Crippen LogP contribution is -2.35. The monoisotopic (exact) mass is 289 g/mol. The van der Waals surface area contributed by atoms with E-state index < -0.39 is 11.9 Å². The van der Waals surface area contributed by atoms with Crippen LogP contribution >= 0.6 is 11.8 Å². The first kappa shape index (κ1) is 18.3. The van der Waals surface area contributed by atoms with Crippen molar-refractivity contribution in [1.29, 1.82) is 0 Å². The van der Waals surface area contributed by atoms with Crippen molar-refractivity contribution in [3.8, 4) is 0 Å². The summed E-state index contributed by atoms with van der Waals surface area (Å²) in [6.45, 7) is 8.95. The quantitative estimate of drug-likeness (QED) is 0.607. The third-order valence-corrected chi connectivity index (χ3v) is 3.80. The number of carbonyl (C=O) groups is 2. The molecule has 0 saturated heterocycles. The Kier molecular flexibility index (Phi) is 9.74. The molecular formula is C14H27NO3S. The Bertz CT molecular complexity index is 280. The van der Waals surface area contributed by atoms with Gasteiger partial charge in [-0.2, -0.15) is 11.8 Å². The molecule has 2 N–H and O–H groups in total. The fourth-order valence-corrected chi connectivity index (χ4v) is 2.79. The summed E-state index contributed by atoms with van der Waals surface area (Å²) < 4.78 is 0. The molecule has 0 aliphatic carbocycles. The van der Waals surface area contributed by atoms with Gasteiger partial charge in [0.1, 0.15) is 0 Å². The molecule has 0 saturated carbocycles. The average Bonchev–Trinajstić information content (AvgIpc) is 2.29. The van der Waals surface area contributed by atoms with Gasteiger partial charge in [-0.1, -0.05) is 27.7 Å². The lowest BCUT2D eigenvalue weighted by molar-refractivity contribution is -0.140. The first-order valence-electron chi connectivity index (χ1n) is 6.90. The molecule has 0 spiro atoms. The van der Waals surface area contributed by atoms with Crippen LogP contribution in [0.2, 0.25) is 0 Å². The van der Waals surface area contributed by atoms with E-state index in [0.717, 1.165) is 12.2 Å². The highest BCUT2D eigenvalue weighted by Gasteiger charge is 2.21. The van der Waals surface area contributed by atoms with Gasteiger partial charge in [-0.05, 0) is 24.0 Å². The number of aliphatic carboxylic acids is 1. The van der Waals surface area contributed by atoms with Crippen LogP contribution in [0.25, 0.3) is 0 Å². The van der Waals surface area contributed by atoms with Crippen molar-refractivity contribution >= 4 is 23.6 Å². The molecule has 0 aromatic heterocycles. The molecule has 1 unspecified atom stereocenters. The van der Waals surface area contributed by atoms with Gasteiger partial charge in [0.15, 0.2) is 0 Å². The van der Waals surface area contributed by atoms with Crippen LogP contribution in [0, 0.1) is 17.8 Å². The van der Waals surface area contributed by atoms with E-state index in [-0.39, 0.29) is 12.3 Å². The van der Waals surface area contributed by atoms with Gasteiger partial charge in [0.05, 0.1) is 12.3 Å². The fraction of sp³-hybridized carbons (Fsp3) is 0.857. The van der Waals surface area contributed by atoms with Crippen molar-refractivity contribution in [1.82, 2.24) is 5.32 Å². The van der Waals surface area contributed by atoms with Crippen LogP contribution in [0.3, 0.4) is 0 Å². The van der Waals surface area contributed by atoms with Crippen molar-refractivity contribution in [2.24, 2.45) is 17.8 Å². The van der Waals surface area contributed by atoms with Crippen molar-refractivity contribution in [3.05, 3.63) is 0 Å². The number of hydrogen-bond donors (Lipinski definition) is 2. The molecule has 0 radical (unpaired) electrons. The molecule has 0 aliphatic heterocycles. The Morgan fingerprint density at radius 2 is 1.79 bits per heavy atom. The van der Waals surface area contributed by atoms with E-state index in [1.165, 1.54) is 0 Å². The highest BCUT2D eigenvalue weighted by Crippen LogP contribution is 2.16. The maximum absolute atomic E-state index is 11.9. The normalized spacial score (nSPS) is 12.7. The first-order chi connectivity index (χ1) is 8.82. The van der Waals surface area contributed by atoms with Crippen LogP contribution < -0.4 is 5.32 Å². The van der Waals surface area contributed by atoms with E-state index in [9.17, 15) is 9.59 Å². The molecule has 4 nitrogen and oxygen atoms in total. The van der Waals surface area contributed by atoms with Crippen LogP contribution in [0.4, 0.5) is 0 Å². The number of hydrogen-bond acceptors (Lipinski definition) is 3. The zero-order valence-corrected chi connectivity index (χ0v) is 13.3. The minimum Gasteiger partial charge on any atom is -0.481 e. The van der Waals surface area contributed by atoms with E-state index in [4.69, 9.17) is 5.11 Å². The van der Waals surface area contributed by atoms with Crippen molar-refractivity contribution in [2.45, 2.75) is 40.5 Å². The number of carboxylic acids is 1. The Morgan fingerprint density at radius 1 is 1.16 bits per heavy atom. The summed E-state index contributed by atoms with van der Waals surface area (Å²) in [5.41, 5.74) is 0. The summed E-state index contributed by atoms with van der Waals surface area (Å²) in [6.07, 6.45) is 1.01. The predicted octanol–water partition coefficient (Wildman–Crippen LogP) is 2.63. The molecule has 1 amide bonds. The smallest absolute Gasteiger partial charge is 0.304 e. The summed E-state index contributed by atoms with van der Waals surface area (Å²) in [6, 6.07) is 0. The van der Waals surface area contributed by atoms with Gasteiger partial charge in [-0.15, -0.1) is 0 Å². The van der Waals surface area contributed by atoms with Crippen molar-refractivity contribution in [3.63, 3.8) is 0 Å². The van der Waals surface area contributed by atoms with Gasteiger partial charge >= 0.3 is 5.97 Å². The average molecular weight is 289 g/mol. The van der Waals surface area contributed by atoms with E-state index in [1.54, 1.807) is 11.8 Å². The van der Waals surface area contributed by atoms with E-state index in [0.29, 0.717) is 24.1 Å². The molecule has 112 valence electrons. The Hall–Kier alpha value is -0.710. The molecule has 0 rings (SSSR count). The Morgan fingerprint density at radius 3 is 2.26 bits per heavy atom. The second kappa shape index (κ2) is 10.1. The highest BCUT2D eigenvalue weighted by atomic mass is 32.2. The van der Waals surface area contributed by atoms with Crippen molar-refractivity contribution < 1.29 is 14.7 Å². The minimum absolute atomic E-state index is 0.0847. The van der Waals surface area contributed by atoms with Gasteiger partial charge in [0.25, 0.3) is 0 Å². The second-order valence-corrected chi connectivity index (χ2v) is 6.84. The molecule has 1 atom stereocenters. The molecule has 0 aromatic rings. The summed E-state index contributed by atoms with van der Waals surface area (Å²) in [5, 5.41) is 11.7. The van der Waals surface area contributed by atoms with Gasteiger partial charge in [0.2, 0.25) is 5.91 Å². The number of carboxylic acid groups (broad SMARTS) is 1. The molecule has 0 heterocycles. The molecule has 19 heavy (non-hydrogen) atoms. The topological polar surface area (TPSA) is 66.4 Å². The van der Waals surface area contributed by atoms with Gasteiger partial charge < -0.3 is 10.4 Å². The molecule has 0 aromatic carbocycles. The van der Waals surface area contributed by atoms with E-state index >= 15 is 0 Å². The number of amides is 1. The highest BCUT2D eigenvalue weighted by molar-refractivity contribution is 7.99. The lowest BCUT2D eigenvalue weighted by atomic mass is 10.1. The SMILES string of the molecule is CC(C)CCSCC(CC(=O)O)C(=O)NCC(C)C. The van der Waals surface area contributed by atoms with E-state index in [2.05, 4.69) is 19.2 Å². The third-order valence-electron chi connectivity index (χ3n) is 2.63. The fourth-order valence-electron chi connectivity index (χ4n) is 1.43. The Balaban J connectivity index is 4.14. The lowest BCUT2D eigenvalue weighted by Gasteiger charge is -2.16. The maximum atomic E-state index is 11.9. The van der Waals surface area contributed by atoms with Gasteiger partial charge in [-0.3, -0.25) is 9.59 Å². The summed E-state index contributed by atoms with van der Waals surface area (Å²) in [5.74, 6) is 1.12. The number of carbonyl (C=O) groups excluding carboxylic acids is 1. The Labute approximate surface area is 120 Å². The first-order valence-corrected chi connectivity index (χ1v) is 8.05. The summed E-state index contributed by atoms with van der Waals surface area (Å²) in [4.78, 5) is 22.7. The third kappa shape index (κ3) is 10.9. The number of rotatable bonds is 10. The van der Waals surface area contributed by atoms with Crippen LogP contribution in [0.15, 0.2) is 0 Å². The molecule has 0 bridgehead atoms. The molecule has 5 heteroatoms. The number of thioether (sulfide) groups is 1. The van der Waals surface area contributed by atoms with Crippen LogP contribution in [-0.4, -0.2) is 35.0 Å². The predicted molar refractivity (Wildman–Crippen MR) is 80.4 cm³/mol. The van der Waals surface area contributed by atoms with Crippen LogP contribution in [0.5, 0.6) is 0 Å². The zero-order chi connectivity index (χ0) is 14.8. The van der Waals surface area contributed by atoms with Crippen LogP contribution in [0.1, 0.15) is 40.5 Å². The molecule has 0 aliphatic rings.